The number of hydrogen-bond donors (Lipinski definition) is 0. The van der Waals surface area contributed by atoms with E-state index < -0.39 is 41.0 Å². The molecule has 0 amide bonds. The maximum atomic E-state index is 14.4. The molecular formula is C17H35FO4Si2. The molecule has 3 atom stereocenters. The first-order valence-electron chi connectivity index (χ1n) is 8.66. The lowest BCUT2D eigenvalue weighted by molar-refractivity contribution is -0.145. The Morgan fingerprint density at radius 3 is 1.88 bits per heavy atom. The van der Waals surface area contributed by atoms with Crippen LogP contribution in [0.4, 0.5) is 4.39 Å². The van der Waals surface area contributed by atoms with E-state index in [0.29, 0.717) is 0 Å². The highest BCUT2D eigenvalue weighted by molar-refractivity contribution is 6.74. The number of carbonyl (C=O) groups is 1. The number of ether oxygens (including phenoxy) is 1. The van der Waals surface area contributed by atoms with Crippen LogP contribution < -0.4 is 0 Å². The number of esters is 1. The van der Waals surface area contributed by atoms with Crippen molar-refractivity contribution in [2.24, 2.45) is 0 Å². The Labute approximate surface area is 148 Å². The summed E-state index contributed by atoms with van der Waals surface area (Å²) in [5.74, 6) is -0.831. The second-order valence-corrected chi connectivity index (χ2v) is 19.4. The molecule has 0 aromatic rings. The van der Waals surface area contributed by atoms with Crippen LogP contribution in [-0.2, 0) is 18.4 Å². The van der Waals surface area contributed by atoms with E-state index in [4.69, 9.17) is 13.6 Å². The molecule has 0 N–H and O–H groups in total. The predicted molar refractivity (Wildman–Crippen MR) is 100.0 cm³/mol. The number of hydrogen-bond acceptors (Lipinski definition) is 4. The van der Waals surface area contributed by atoms with Gasteiger partial charge >= 0.3 is 5.97 Å². The SMILES string of the molecule is CC(C)(C)[Si](C)(C)OC[C@H]1OC(=O)[C@@H](F)[C@@H]1O[Si](C)(C)C(C)(C)C. The van der Waals surface area contributed by atoms with Gasteiger partial charge in [-0.25, -0.2) is 9.18 Å². The molecule has 0 unspecified atom stereocenters. The Morgan fingerprint density at radius 2 is 1.46 bits per heavy atom. The molecule has 0 saturated carbocycles. The van der Waals surface area contributed by atoms with Gasteiger partial charge in [0.2, 0.25) is 6.17 Å². The fraction of sp³-hybridized carbons (Fsp3) is 0.941. The molecular weight excluding hydrogens is 343 g/mol. The molecule has 1 fully saturated rings. The van der Waals surface area contributed by atoms with Gasteiger partial charge in [0.05, 0.1) is 6.61 Å². The highest BCUT2D eigenvalue weighted by Crippen LogP contribution is 2.40. The third-order valence-corrected chi connectivity index (χ3v) is 14.8. The largest absolute Gasteiger partial charge is 0.455 e. The average Bonchev–Trinajstić information content (AvgIpc) is 2.61. The minimum atomic E-state index is -2.21. The number of alkyl halides is 1. The van der Waals surface area contributed by atoms with Crippen LogP contribution in [0.15, 0.2) is 0 Å². The van der Waals surface area contributed by atoms with E-state index in [1.54, 1.807) is 0 Å². The normalized spacial score (nSPS) is 26.6. The Hall–Kier alpha value is -0.246. The lowest BCUT2D eigenvalue weighted by atomic mass is 10.2. The molecule has 0 bridgehead atoms. The van der Waals surface area contributed by atoms with E-state index in [0.717, 1.165) is 0 Å². The molecule has 1 aliphatic rings. The van der Waals surface area contributed by atoms with E-state index in [-0.39, 0.29) is 16.7 Å². The number of halogens is 1. The first-order chi connectivity index (χ1) is 10.5. The van der Waals surface area contributed by atoms with Gasteiger partial charge in [0.25, 0.3) is 0 Å². The van der Waals surface area contributed by atoms with Crippen molar-refractivity contribution in [2.75, 3.05) is 6.61 Å². The van der Waals surface area contributed by atoms with Crippen molar-refractivity contribution in [3.05, 3.63) is 0 Å². The van der Waals surface area contributed by atoms with E-state index >= 15 is 0 Å². The van der Waals surface area contributed by atoms with Crippen LogP contribution in [0.3, 0.4) is 0 Å². The summed E-state index contributed by atoms with van der Waals surface area (Å²) < 4.78 is 31.9. The second-order valence-electron chi connectivity index (χ2n) is 9.79. The van der Waals surface area contributed by atoms with Gasteiger partial charge in [0.15, 0.2) is 22.7 Å². The van der Waals surface area contributed by atoms with Crippen molar-refractivity contribution in [2.45, 2.75) is 96.2 Å². The fourth-order valence-electron chi connectivity index (χ4n) is 1.89. The van der Waals surface area contributed by atoms with Crippen LogP contribution >= 0.6 is 0 Å². The lowest BCUT2D eigenvalue weighted by Gasteiger charge is -2.40. The zero-order valence-corrected chi connectivity index (χ0v) is 19.0. The smallest absolute Gasteiger partial charge is 0.344 e. The maximum Gasteiger partial charge on any atom is 0.344 e. The third-order valence-electron chi connectivity index (χ3n) is 5.80. The molecule has 0 aromatic carbocycles. The number of carbonyl (C=O) groups excluding carboxylic acids is 1. The third kappa shape index (κ3) is 4.68. The monoisotopic (exact) mass is 378 g/mol. The Morgan fingerprint density at radius 1 is 1.00 bits per heavy atom. The summed E-state index contributed by atoms with van der Waals surface area (Å²) in [5, 5.41) is -0.0241. The lowest BCUT2D eigenvalue weighted by Crippen LogP contribution is -2.50. The standard InChI is InChI=1S/C17H35FO4Si2/c1-16(2,3)23(7,8)20-11-12-14(13(18)15(19)21-12)22-24(9,10)17(4,5)6/h12-14H,11H2,1-10H3/t12-,13+,14-/m1/s1. The topological polar surface area (TPSA) is 44.8 Å². The van der Waals surface area contributed by atoms with Gasteiger partial charge in [-0.2, -0.15) is 0 Å². The van der Waals surface area contributed by atoms with Crippen LogP contribution in [0.2, 0.25) is 36.3 Å². The summed E-state index contributed by atoms with van der Waals surface area (Å²) in [4.78, 5) is 11.7. The van der Waals surface area contributed by atoms with Crippen molar-refractivity contribution >= 4 is 22.6 Å². The van der Waals surface area contributed by atoms with Crippen molar-refractivity contribution < 1.29 is 22.8 Å². The molecule has 1 saturated heterocycles. The van der Waals surface area contributed by atoms with E-state index in [9.17, 15) is 9.18 Å². The van der Waals surface area contributed by atoms with Crippen LogP contribution in [0, 0.1) is 0 Å². The molecule has 4 nitrogen and oxygen atoms in total. The quantitative estimate of drug-likeness (QED) is 0.515. The Kier molecular flexibility index (Phi) is 6.19. The number of cyclic esters (lactones) is 1. The molecule has 1 rings (SSSR count). The summed E-state index contributed by atoms with van der Waals surface area (Å²) in [7, 11) is -4.21. The van der Waals surface area contributed by atoms with Gasteiger partial charge < -0.3 is 13.6 Å². The summed E-state index contributed by atoms with van der Waals surface area (Å²) in [6, 6.07) is 0. The summed E-state index contributed by atoms with van der Waals surface area (Å²) in [5.41, 5.74) is 0. The van der Waals surface area contributed by atoms with Crippen LogP contribution in [0.1, 0.15) is 41.5 Å². The first-order valence-corrected chi connectivity index (χ1v) is 14.5. The molecule has 0 radical (unpaired) electrons. The van der Waals surface area contributed by atoms with Crippen molar-refractivity contribution in [3.8, 4) is 0 Å². The maximum absolute atomic E-state index is 14.4. The van der Waals surface area contributed by atoms with Crippen LogP contribution in [0.25, 0.3) is 0 Å². The van der Waals surface area contributed by atoms with Gasteiger partial charge in [-0.05, 0) is 36.3 Å². The molecule has 142 valence electrons. The summed E-state index contributed by atoms with van der Waals surface area (Å²) >= 11 is 0. The summed E-state index contributed by atoms with van der Waals surface area (Å²) in [6.07, 6.45) is -3.27. The zero-order chi connectivity index (χ0) is 19.1. The van der Waals surface area contributed by atoms with Crippen molar-refractivity contribution in [1.82, 2.24) is 0 Å². The average molecular weight is 379 g/mol. The van der Waals surface area contributed by atoms with Gasteiger partial charge in [-0.3, -0.25) is 0 Å². The Bertz CT molecular complexity index is 466. The minimum Gasteiger partial charge on any atom is -0.455 e. The van der Waals surface area contributed by atoms with Gasteiger partial charge in [-0.1, -0.05) is 41.5 Å². The highest BCUT2D eigenvalue weighted by Gasteiger charge is 2.51. The summed E-state index contributed by atoms with van der Waals surface area (Å²) in [6.45, 7) is 21.2. The molecule has 0 aromatic heterocycles. The molecule has 1 heterocycles. The first kappa shape index (κ1) is 21.8. The van der Waals surface area contributed by atoms with E-state index in [1.807, 2.05) is 13.1 Å². The van der Waals surface area contributed by atoms with Crippen LogP contribution in [-0.4, -0.2) is 47.6 Å². The predicted octanol–water partition coefficient (Wildman–Crippen LogP) is 4.66. The Balaban J connectivity index is 2.88. The minimum absolute atomic E-state index is 0.0422. The second kappa shape index (κ2) is 6.81. The van der Waals surface area contributed by atoms with Gasteiger partial charge in [0, 0.05) is 0 Å². The van der Waals surface area contributed by atoms with Gasteiger partial charge in [-0.15, -0.1) is 0 Å². The fourth-order valence-corrected chi connectivity index (χ4v) is 4.21. The molecule has 1 aliphatic heterocycles. The molecule has 7 heteroatoms. The van der Waals surface area contributed by atoms with E-state index in [1.165, 1.54) is 0 Å². The molecule has 0 spiro atoms. The molecule has 0 aliphatic carbocycles. The van der Waals surface area contributed by atoms with E-state index in [2.05, 4.69) is 54.6 Å². The van der Waals surface area contributed by atoms with Crippen molar-refractivity contribution in [3.63, 3.8) is 0 Å². The van der Waals surface area contributed by atoms with Crippen LogP contribution in [0.5, 0.6) is 0 Å². The zero-order valence-electron chi connectivity index (χ0n) is 17.0. The highest BCUT2D eigenvalue weighted by atomic mass is 28.4. The van der Waals surface area contributed by atoms with Crippen molar-refractivity contribution in [1.29, 1.82) is 0 Å². The van der Waals surface area contributed by atoms with Gasteiger partial charge in [0.1, 0.15) is 6.10 Å². The number of rotatable bonds is 5. The molecule has 24 heavy (non-hydrogen) atoms.